The molecule has 9 heteroatoms. The predicted molar refractivity (Wildman–Crippen MR) is 110 cm³/mol. The van der Waals surface area contributed by atoms with E-state index in [-0.39, 0.29) is 17.9 Å². The Bertz CT molecular complexity index is 891. The lowest BCUT2D eigenvalue weighted by atomic mass is 10.2. The highest BCUT2D eigenvalue weighted by atomic mass is 32.2. The summed E-state index contributed by atoms with van der Waals surface area (Å²) >= 11 is 1.52. The van der Waals surface area contributed by atoms with Crippen LogP contribution in [0.5, 0.6) is 17.2 Å². The van der Waals surface area contributed by atoms with Gasteiger partial charge in [0.05, 0.1) is 25.3 Å². The second kappa shape index (κ2) is 9.53. The third-order valence-electron chi connectivity index (χ3n) is 4.31. The number of anilines is 1. The molecule has 2 atom stereocenters. The molecule has 2 aromatic rings. The SMILES string of the molecule is COc1ccccc1NC(=O)COc1ccc(C2NC(C(=O)O)CS2)cc1OC. The van der Waals surface area contributed by atoms with E-state index in [1.54, 1.807) is 30.3 Å². The minimum absolute atomic E-state index is 0.145. The van der Waals surface area contributed by atoms with Gasteiger partial charge in [0.1, 0.15) is 11.8 Å². The van der Waals surface area contributed by atoms with Crippen LogP contribution in [0.2, 0.25) is 0 Å². The molecule has 0 radical (unpaired) electrons. The lowest BCUT2D eigenvalue weighted by Crippen LogP contribution is -2.33. The average molecular weight is 418 g/mol. The first-order chi connectivity index (χ1) is 14.0. The lowest BCUT2D eigenvalue weighted by molar-refractivity contribution is -0.138. The van der Waals surface area contributed by atoms with Crippen LogP contribution in [0.4, 0.5) is 5.69 Å². The van der Waals surface area contributed by atoms with Crippen molar-refractivity contribution in [1.29, 1.82) is 0 Å². The summed E-state index contributed by atoms with van der Waals surface area (Å²) in [6.07, 6.45) is 0. The van der Waals surface area contributed by atoms with Gasteiger partial charge in [-0.1, -0.05) is 18.2 Å². The number of aliphatic carboxylic acids is 1. The molecule has 0 aliphatic carbocycles. The fourth-order valence-electron chi connectivity index (χ4n) is 2.85. The summed E-state index contributed by atoms with van der Waals surface area (Å²) in [5.74, 6) is 0.733. The summed E-state index contributed by atoms with van der Waals surface area (Å²) in [5, 5.41) is 14.8. The Labute approximate surface area is 172 Å². The molecule has 0 aromatic heterocycles. The van der Waals surface area contributed by atoms with Gasteiger partial charge in [-0.2, -0.15) is 0 Å². The van der Waals surface area contributed by atoms with E-state index < -0.39 is 12.0 Å². The van der Waals surface area contributed by atoms with Crippen molar-refractivity contribution in [3.63, 3.8) is 0 Å². The van der Waals surface area contributed by atoms with Crippen LogP contribution in [0.25, 0.3) is 0 Å². The van der Waals surface area contributed by atoms with E-state index in [2.05, 4.69) is 10.6 Å². The number of thioether (sulfide) groups is 1. The van der Waals surface area contributed by atoms with E-state index >= 15 is 0 Å². The third-order valence-corrected chi connectivity index (χ3v) is 5.58. The van der Waals surface area contributed by atoms with Crippen molar-refractivity contribution in [1.82, 2.24) is 5.32 Å². The van der Waals surface area contributed by atoms with Gasteiger partial charge >= 0.3 is 5.97 Å². The van der Waals surface area contributed by atoms with Gasteiger partial charge in [0.25, 0.3) is 5.91 Å². The Morgan fingerprint density at radius 1 is 1.14 bits per heavy atom. The zero-order valence-electron chi connectivity index (χ0n) is 16.0. The van der Waals surface area contributed by atoms with Crippen LogP contribution in [0, 0.1) is 0 Å². The molecule has 2 aromatic carbocycles. The molecule has 1 heterocycles. The molecule has 1 aliphatic rings. The van der Waals surface area contributed by atoms with E-state index in [4.69, 9.17) is 19.3 Å². The number of carboxylic acids is 1. The van der Waals surface area contributed by atoms with Crippen LogP contribution in [0.1, 0.15) is 10.9 Å². The number of carboxylic acid groups (broad SMARTS) is 1. The molecule has 1 amide bonds. The molecule has 29 heavy (non-hydrogen) atoms. The first kappa shape index (κ1) is 20.8. The standard InChI is InChI=1S/C20H22N2O6S/c1-26-15-6-4-3-5-13(15)21-18(23)10-28-16-8-7-12(9-17(16)27-2)19-22-14(11-29-19)20(24)25/h3-9,14,19,22H,10-11H2,1-2H3,(H,21,23)(H,24,25). The maximum atomic E-state index is 12.2. The van der Waals surface area contributed by atoms with Crippen molar-refractivity contribution in [3.05, 3.63) is 48.0 Å². The molecular formula is C20H22N2O6S. The van der Waals surface area contributed by atoms with Crippen LogP contribution in [0.15, 0.2) is 42.5 Å². The molecule has 8 nitrogen and oxygen atoms in total. The van der Waals surface area contributed by atoms with Crippen molar-refractivity contribution >= 4 is 29.3 Å². The van der Waals surface area contributed by atoms with Crippen molar-refractivity contribution in [2.45, 2.75) is 11.4 Å². The quantitative estimate of drug-likeness (QED) is 0.601. The molecule has 0 spiro atoms. The molecular weight excluding hydrogens is 396 g/mol. The van der Waals surface area contributed by atoms with Crippen LogP contribution >= 0.6 is 11.8 Å². The van der Waals surface area contributed by atoms with Crippen LogP contribution in [-0.4, -0.2) is 49.6 Å². The number of carbonyl (C=O) groups is 2. The average Bonchev–Trinajstić information content (AvgIpc) is 3.23. The third kappa shape index (κ3) is 5.12. The molecule has 0 bridgehead atoms. The van der Waals surface area contributed by atoms with Gasteiger partial charge in [-0.05, 0) is 29.8 Å². The summed E-state index contributed by atoms with van der Waals surface area (Å²) in [4.78, 5) is 23.3. The molecule has 3 rings (SSSR count). The highest BCUT2D eigenvalue weighted by Gasteiger charge is 2.30. The van der Waals surface area contributed by atoms with Gasteiger partial charge in [-0.15, -0.1) is 11.8 Å². The van der Waals surface area contributed by atoms with Crippen molar-refractivity contribution in [2.75, 3.05) is 31.9 Å². The number of ether oxygens (including phenoxy) is 3. The number of nitrogens with one attached hydrogen (secondary N) is 2. The van der Waals surface area contributed by atoms with Crippen LogP contribution in [-0.2, 0) is 9.59 Å². The van der Waals surface area contributed by atoms with Crippen molar-refractivity contribution in [3.8, 4) is 17.2 Å². The molecule has 1 fully saturated rings. The highest BCUT2D eigenvalue weighted by molar-refractivity contribution is 7.99. The number of rotatable bonds is 8. The van der Waals surface area contributed by atoms with Gasteiger partial charge in [0.2, 0.25) is 0 Å². The topological polar surface area (TPSA) is 106 Å². The zero-order chi connectivity index (χ0) is 20.8. The molecule has 154 valence electrons. The van der Waals surface area contributed by atoms with Gasteiger partial charge in [0.15, 0.2) is 18.1 Å². The fraction of sp³-hybridized carbons (Fsp3) is 0.300. The molecule has 1 saturated heterocycles. The monoisotopic (exact) mass is 418 g/mol. The van der Waals surface area contributed by atoms with Gasteiger partial charge in [-0.25, -0.2) is 0 Å². The molecule has 3 N–H and O–H groups in total. The summed E-state index contributed by atoms with van der Waals surface area (Å²) in [5.41, 5.74) is 1.43. The van der Waals surface area contributed by atoms with Crippen molar-refractivity contribution < 1.29 is 28.9 Å². The fourth-order valence-corrected chi connectivity index (χ4v) is 4.07. The van der Waals surface area contributed by atoms with Gasteiger partial charge < -0.3 is 24.6 Å². The number of methoxy groups -OCH3 is 2. The van der Waals surface area contributed by atoms with E-state index in [0.29, 0.717) is 28.7 Å². The number of para-hydroxylation sites is 2. The Balaban J connectivity index is 1.62. The largest absolute Gasteiger partial charge is 0.495 e. The molecule has 2 unspecified atom stereocenters. The van der Waals surface area contributed by atoms with Crippen molar-refractivity contribution in [2.24, 2.45) is 0 Å². The second-order valence-corrected chi connectivity index (χ2v) is 7.36. The van der Waals surface area contributed by atoms with E-state index in [9.17, 15) is 9.59 Å². The first-order valence-corrected chi connectivity index (χ1v) is 9.90. The lowest BCUT2D eigenvalue weighted by Gasteiger charge is -2.16. The summed E-state index contributed by atoms with van der Waals surface area (Å²) in [6, 6.07) is 11.8. The number of amides is 1. The first-order valence-electron chi connectivity index (χ1n) is 8.86. The molecule has 0 saturated carbocycles. The van der Waals surface area contributed by atoms with Crippen LogP contribution in [0.3, 0.4) is 0 Å². The number of hydrogen-bond donors (Lipinski definition) is 3. The smallest absolute Gasteiger partial charge is 0.321 e. The highest BCUT2D eigenvalue weighted by Crippen LogP contribution is 2.37. The van der Waals surface area contributed by atoms with E-state index in [1.165, 1.54) is 26.0 Å². The normalized spacial score (nSPS) is 18.1. The maximum absolute atomic E-state index is 12.2. The summed E-state index contributed by atoms with van der Waals surface area (Å²) in [6.45, 7) is -0.203. The number of hydrogen-bond acceptors (Lipinski definition) is 7. The Hall–Kier alpha value is -2.91. The Kier molecular flexibility index (Phi) is 6.84. The van der Waals surface area contributed by atoms with Gasteiger partial charge in [0, 0.05) is 5.75 Å². The summed E-state index contributed by atoms with van der Waals surface area (Å²) < 4.78 is 16.2. The van der Waals surface area contributed by atoms with Gasteiger partial charge in [-0.3, -0.25) is 14.9 Å². The minimum Gasteiger partial charge on any atom is -0.495 e. The van der Waals surface area contributed by atoms with Crippen LogP contribution < -0.4 is 24.8 Å². The Morgan fingerprint density at radius 3 is 2.59 bits per heavy atom. The number of benzene rings is 2. The minimum atomic E-state index is -0.868. The van der Waals surface area contributed by atoms with E-state index in [1.807, 2.05) is 12.1 Å². The summed E-state index contributed by atoms with van der Waals surface area (Å²) in [7, 11) is 3.04. The Morgan fingerprint density at radius 2 is 1.90 bits per heavy atom. The predicted octanol–water partition coefficient (Wildman–Crippen LogP) is 2.51. The second-order valence-electron chi connectivity index (χ2n) is 6.22. The maximum Gasteiger partial charge on any atom is 0.321 e. The van der Waals surface area contributed by atoms with E-state index in [0.717, 1.165) is 5.56 Å². The zero-order valence-corrected chi connectivity index (χ0v) is 16.8. The number of carbonyl (C=O) groups excluding carboxylic acids is 1. The molecule has 1 aliphatic heterocycles.